The van der Waals surface area contributed by atoms with Gasteiger partial charge in [0.1, 0.15) is 0 Å². The summed E-state index contributed by atoms with van der Waals surface area (Å²) in [5.74, 6) is 1.50. The third kappa shape index (κ3) is 5.70. The highest BCUT2D eigenvalue weighted by molar-refractivity contribution is 7.85. The van der Waals surface area contributed by atoms with Crippen molar-refractivity contribution in [1.82, 2.24) is 0 Å². The normalized spacial score (nSPS) is 8.74. The number of carbonyl (C=O) groups is 3. The Balaban J connectivity index is 0.000000459. The van der Waals surface area contributed by atoms with Gasteiger partial charge < -0.3 is 15.1 Å². The van der Waals surface area contributed by atoms with E-state index in [-0.39, 0.29) is 16.0 Å². The molecule has 0 heterocycles. The minimum Gasteiger partial charge on any atom is -0.478 e. The van der Waals surface area contributed by atoms with Crippen LogP contribution in [-0.2, 0) is 9.63 Å². The third-order valence-electron chi connectivity index (χ3n) is 1.73. The van der Waals surface area contributed by atoms with Crippen molar-refractivity contribution in [3.63, 3.8) is 0 Å². The molecule has 0 aliphatic rings. The number of nitrogens with two attached hydrogens (primary N) is 1. The van der Waals surface area contributed by atoms with E-state index in [1.54, 1.807) is 0 Å². The molecule has 4 N–H and O–H groups in total. The van der Waals surface area contributed by atoms with Crippen LogP contribution in [0.4, 0.5) is 0 Å². The molecule has 8 heteroatoms. The van der Waals surface area contributed by atoms with Gasteiger partial charge in [-0.25, -0.2) is 14.4 Å². The van der Waals surface area contributed by atoms with Gasteiger partial charge in [0.15, 0.2) is 0 Å². The summed E-state index contributed by atoms with van der Waals surface area (Å²) in [7, 11) is 0. The monoisotopic (exact) mass is 285 g/mol. The van der Waals surface area contributed by atoms with Crippen LogP contribution in [0.3, 0.4) is 0 Å². The Bertz CT molecular complexity index is 502. The zero-order valence-corrected chi connectivity index (χ0v) is 10.5. The number of aliphatic carboxylic acids is 1. The van der Waals surface area contributed by atoms with Gasteiger partial charge in [-0.1, -0.05) is 18.7 Å². The van der Waals surface area contributed by atoms with Crippen molar-refractivity contribution in [2.75, 3.05) is 0 Å². The van der Waals surface area contributed by atoms with E-state index in [0.29, 0.717) is 0 Å². The highest BCUT2D eigenvalue weighted by Crippen LogP contribution is 2.09. The number of carbonyl (C=O) groups excluding carboxylic acids is 1. The molecule has 0 saturated carbocycles. The molecule has 0 aliphatic carbocycles. The number of carboxylic acid groups (broad SMARTS) is 2. The number of benzene rings is 1. The Morgan fingerprint density at radius 1 is 1.16 bits per heavy atom. The fourth-order valence-electron chi connectivity index (χ4n) is 0.911. The summed E-state index contributed by atoms with van der Waals surface area (Å²) in [6.07, 6.45) is 0. The second kappa shape index (κ2) is 7.90. The lowest BCUT2D eigenvalue weighted by Crippen LogP contribution is -2.14. The Labute approximate surface area is 113 Å². The fourth-order valence-corrected chi connectivity index (χ4v) is 0.911. The molecule has 0 aliphatic heterocycles. The molecule has 0 aromatic heterocycles. The molecule has 19 heavy (non-hydrogen) atoms. The van der Waals surface area contributed by atoms with Gasteiger partial charge >= 0.3 is 17.9 Å². The van der Waals surface area contributed by atoms with Crippen molar-refractivity contribution in [2.24, 2.45) is 5.90 Å². The fraction of sp³-hybridized carbons (Fsp3) is 0. The molecular weight excluding hydrogens is 274 g/mol. The largest absolute Gasteiger partial charge is 0.478 e. The molecule has 1 aromatic rings. The molecule has 0 unspecified atom stereocenters. The first-order chi connectivity index (χ1) is 8.81. The molecule has 1 rings (SSSR count). The van der Waals surface area contributed by atoms with Crippen LogP contribution < -0.4 is 5.90 Å². The second-order valence-corrected chi connectivity index (χ2v) is 3.55. The molecule has 102 valence electrons. The average Bonchev–Trinajstić information content (AvgIpc) is 2.38. The predicted molar refractivity (Wildman–Crippen MR) is 68.8 cm³/mol. The lowest BCUT2D eigenvalue weighted by molar-refractivity contribution is -0.131. The summed E-state index contributed by atoms with van der Waals surface area (Å²) >= 11 is 3.40. The van der Waals surface area contributed by atoms with Crippen molar-refractivity contribution >= 4 is 30.5 Å². The van der Waals surface area contributed by atoms with Crippen LogP contribution in [0.2, 0.25) is 0 Å². The molecule has 0 amide bonds. The van der Waals surface area contributed by atoms with Crippen LogP contribution in [0.25, 0.3) is 0 Å². The van der Waals surface area contributed by atoms with Gasteiger partial charge in [-0.3, -0.25) is 0 Å². The topological polar surface area (TPSA) is 127 Å². The summed E-state index contributed by atoms with van der Waals surface area (Å²) in [5, 5.41) is 16.5. The Morgan fingerprint density at radius 3 is 1.89 bits per heavy atom. The van der Waals surface area contributed by atoms with Crippen LogP contribution in [-0.4, -0.2) is 28.1 Å². The van der Waals surface area contributed by atoms with Crippen LogP contribution >= 0.6 is 12.6 Å². The number of carboxylic acids is 2. The molecule has 0 spiro atoms. The first kappa shape index (κ1) is 16.7. The van der Waals surface area contributed by atoms with Crippen molar-refractivity contribution in [3.8, 4) is 0 Å². The molecule has 7 nitrogen and oxygen atoms in total. The van der Waals surface area contributed by atoms with Gasteiger partial charge in [-0.15, -0.1) is 12.6 Å². The van der Waals surface area contributed by atoms with E-state index in [1.807, 2.05) is 0 Å². The summed E-state index contributed by atoms with van der Waals surface area (Å²) in [4.78, 5) is 34.8. The molecule has 0 radical (unpaired) electrons. The maximum atomic E-state index is 10.9. The van der Waals surface area contributed by atoms with E-state index in [9.17, 15) is 14.4 Å². The molecule has 0 bridgehead atoms. The van der Waals surface area contributed by atoms with Gasteiger partial charge in [0.05, 0.1) is 16.0 Å². The van der Waals surface area contributed by atoms with Crippen LogP contribution in [0.1, 0.15) is 20.7 Å². The summed E-state index contributed by atoms with van der Waals surface area (Å²) < 4.78 is 0. The van der Waals surface area contributed by atoms with E-state index >= 15 is 0 Å². The number of rotatable bonds is 3. The molecule has 0 atom stereocenters. The Morgan fingerprint density at radius 2 is 1.58 bits per heavy atom. The van der Waals surface area contributed by atoms with E-state index in [0.717, 1.165) is 0 Å². The van der Waals surface area contributed by atoms with Crippen LogP contribution in [0, 0.1) is 0 Å². The number of hydrogen-bond donors (Lipinski definition) is 4. The van der Waals surface area contributed by atoms with Gasteiger partial charge in [-0.2, -0.15) is 5.90 Å². The molecule has 0 saturated heterocycles. The van der Waals surface area contributed by atoms with Gasteiger partial charge in [0, 0.05) is 0 Å². The number of thiol groups is 1. The van der Waals surface area contributed by atoms with Crippen molar-refractivity contribution in [2.45, 2.75) is 0 Å². The molecule has 0 fully saturated rings. The summed E-state index contributed by atoms with van der Waals surface area (Å²) in [6.45, 7) is 3.02. The zero-order valence-electron chi connectivity index (χ0n) is 9.57. The van der Waals surface area contributed by atoms with E-state index in [1.165, 1.54) is 24.3 Å². The van der Waals surface area contributed by atoms with Gasteiger partial charge in [0.2, 0.25) is 0 Å². The van der Waals surface area contributed by atoms with Crippen LogP contribution in [0.5, 0.6) is 0 Å². The molecule has 1 aromatic carbocycles. The highest BCUT2D eigenvalue weighted by atomic mass is 32.1. The van der Waals surface area contributed by atoms with E-state index < -0.39 is 17.9 Å². The summed E-state index contributed by atoms with van der Waals surface area (Å²) in [6, 6.07) is 5.67. The Hall–Kier alpha value is -2.32. The lowest BCUT2D eigenvalue weighted by Gasteiger charge is -2.01. The predicted octanol–water partition coefficient (Wildman–Crippen LogP) is 0.930. The van der Waals surface area contributed by atoms with E-state index in [2.05, 4.69) is 29.9 Å². The number of hydrogen-bond acceptors (Lipinski definition) is 6. The summed E-state index contributed by atoms with van der Waals surface area (Å²) in [5.41, 5.74) is -0.185. The minimum atomic E-state index is -1.19. The third-order valence-corrected chi connectivity index (χ3v) is 1.92. The SMILES string of the molecule is C=C(S)C(=O)O.NOC(=O)c1ccccc1C(=O)O. The first-order valence-electron chi connectivity index (χ1n) is 4.65. The maximum Gasteiger partial charge on any atom is 0.357 e. The van der Waals surface area contributed by atoms with Crippen LogP contribution in [0.15, 0.2) is 35.7 Å². The van der Waals surface area contributed by atoms with Gasteiger partial charge in [-0.05, 0) is 12.1 Å². The highest BCUT2D eigenvalue weighted by Gasteiger charge is 2.15. The van der Waals surface area contributed by atoms with Crippen molar-refractivity contribution < 1.29 is 29.4 Å². The van der Waals surface area contributed by atoms with E-state index in [4.69, 9.17) is 10.2 Å². The van der Waals surface area contributed by atoms with Gasteiger partial charge in [0.25, 0.3) is 0 Å². The molecular formula is C11H11NO6S. The smallest absolute Gasteiger partial charge is 0.357 e. The minimum absolute atomic E-state index is 0.0579. The quantitative estimate of drug-likeness (QED) is 0.369. The van der Waals surface area contributed by atoms with Crippen molar-refractivity contribution in [1.29, 1.82) is 0 Å². The average molecular weight is 285 g/mol. The number of aromatic carboxylic acids is 1. The van der Waals surface area contributed by atoms with Crippen molar-refractivity contribution in [3.05, 3.63) is 46.9 Å². The first-order valence-corrected chi connectivity index (χ1v) is 5.10. The maximum absolute atomic E-state index is 10.9. The standard InChI is InChI=1S/C8H7NO4.C3H4O2S/c9-13-8(12)6-4-2-1-3-5(6)7(10)11;1-2(6)3(4)5/h1-4H,9H2,(H,10,11);6H,1H2,(H,4,5). The Kier molecular flexibility index (Phi) is 6.94. The lowest BCUT2D eigenvalue weighted by atomic mass is 10.1. The zero-order chi connectivity index (χ0) is 15.0. The second-order valence-electron chi connectivity index (χ2n) is 3.01.